The van der Waals surface area contributed by atoms with E-state index in [2.05, 4.69) is 30.4 Å². The van der Waals surface area contributed by atoms with Crippen molar-refractivity contribution in [2.45, 2.75) is 44.8 Å². The number of hydrogen-bond acceptors (Lipinski definition) is 3. The average molecular weight is 277 g/mol. The number of rotatable bonds is 9. The molecule has 1 aliphatic carbocycles. The maximum absolute atomic E-state index is 5.77. The van der Waals surface area contributed by atoms with E-state index in [0.717, 1.165) is 31.1 Å². The summed E-state index contributed by atoms with van der Waals surface area (Å²) in [6.07, 6.45) is 5.08. The molecule has 1 fully saturated rings. The van der Waals surface area contributed by atoms with Crippen LogP contribution in [0.15, 0.2) is 24.3 Å². The summed E-state index contributed by atoms with van der Waals surface area (Å²) in [5, 5.41) is 3.66. The van der Waals surface area contributed by atoms with Gasteiger partial charge in [-0.1, -0.05) is 19.1 Å². The first-order chi connectivity index (χ1) is 9.78. The summed E-state index contributed by atoms with van der Waals surface area (Å²) in [5.74, 6) is 1.66. The van der Waals surface area contributed by atoms with Crippen molar-refractivity contribution in [2.75, 3.05) is 20.8 Å². The fourth-order valence-electron chi connectivity index (χ4n) is 2.80. The van der Waals surface area contributed by atoms with Gasteiger partial charge in [-0.25, -0.2) is 0 Å². The molecular weight excluding hydrogens is 250 g/mol. The molecule has 1 aromatic carbocycles. The highest BCUT2D eigenvalue weighted by atomic mass is 16.5. The Labute approximate surface area is 122 Å². The lowest BCUT2D eigenvalue weighted by atomic mass is 9.98. The molecule has 20 heavy (non-hydrogen) atoms. The van der Waals surface area contributed by atoms with E-state index in [-0.39, 0.29) is 0 Å². The molecule has 0 saturated heterocycles. The molecule has 1 aliphatic rings. The number of ether oxygens (including phenoxy) is 2. The third-order valence-electron chi connectivity index (χ3n) is 4.00. The number of methoxy groups -OCH3 is 2. The van der Waals surface area contributed by atoms with Crippen molar-refractivity contribution in [1.29, 1.82) is 0 Å². The number of benzene rings is 1. The lowest BCUT2D eigenvalue weighted by Gasteiger charge is -2.27. The molecule has 0 aliphatic heterocycles. The van der Waals surface area contributed by atoms with Gasteiger partial charge in [-0.15, -0.1) is 0 Å². The molecule has 3 heteroatoms. The molecule has 1 N–H and O–H groups in total. The Morgan fingerprint density at radius 1 is 1.30 bits per heavy atom. The molecule has 2 atom stereocenters. The van der Waals surface area contributed by atoms with Crippen LogP contribution in [0.3, 0.4) is 0 Å². The highest BCUT2D eigenvalue weighted by Gasteiger charge is 2.36. The smallest absolute Gasteiger partial charge is 0.119 e. The topological polar surface area (TPSA) is 30.5 Å². The van der Waals surface area contributed by atoms with Gasteiger partial charge in [0.1, 0.15) is 5.75 Å². The normalized spacial score (nSPS) is 17.8. The molecule has 3 nitrogen and oxygen atoms in total. The summed E-state index contributed by atoms with van der Waals surface area (Å²) < 4.78 is 11.1. The summed E-state index contributed by atoms with van der Waals surface area (Å²) in [7, 11) is 3.56. The first-order valence-corrected chi connectivity index (χ1v) is 7.67. The molecule has 2 rings (SSSR count). The molecule has 0 bridgehead atoms. The highest BCUT2D eigenvalue weighted by Crippen LogP contribution is 2.36. The van der Waals surface area contributed by atoms with E-state index in [1.807, 2.05) is 13.2 Å². The van der Waals surface area contributed by atoms with Crippen molar-refractivity contribution in [2.24, 2.45) is 5.92 Å². The maximum atomic E-state index is 5.77. The first-order valence-electron chi connectivity index (χ1n) is 7.67. The van der Waals surface area contributed by atoms with Gasteiger partial charge in [-0.2, -0.15) is 0 Å². The van der Waals surface area contributed by atoms with Crippen molar-refractivity contribution in [3.05, 3.63) is 29.8 Å². The van der Waals surface area contributed by atoms with Gasteiger partial charge < -0.3 is 14.8 Å². The van der Waals surface area contributed by atoms with E-state index >= 15 is 0 Å². The zero-order chi connectivity index (χ0) is 14.4. The Morgan fingerprint density at radius 3 is 2.70 bits per heavy atom. The molecule has 1 saturated carbocycles. The molecule has 0 spiro atoms. The SMILES string of the molecule is CCCNC(Cc1cccc(OC)c1)C(OC)C1CC1. The Bertz CT molecular complexity index is 404. The van der Waals surface area contributed by atoms with Crippen molar-refractivity contribution < 1.29 is 9.47 Å². The molecule has 0 radical (unpaired) electrons. The molecule has 112 valence electrons. The van der Waals surface area contributed by atoms with Gasteiger partial charge in [0.25, 0.3) is 0 Å². The number of nitrogens with one attached hydrogen (secondary N) is 1. The number of hydrogen-bond donors (Lipinski definition) is 1. The zero-order valence-corrected chi connectivity index (χ0v) is 12.9. The van der Waals surface area contributed by atoms with E-state index in [1.54, 1.807) is 7.11 Å². The minimum Gasteiger partial charge on any atom is -0.497 e. The largest absolute Gasteiger partial charge is 0.497 e. The Balaban J connectivity index is 2.05. The maximum Gasteiger partial charge on any atom is 0.119 e. The monoisotopic (exact) mass is 277 g/mol. The second kappa shape index (κ2) is 7.65. The summed E-state index contributed by atoms with van der Waals surface area (Å²) in [6.45, 7) is 3.25. The van der Waals surface area contributed by atoms with E-state index < -0.39 is 0 Å². The Morgan fingerprint density at radius 2 is 2.10 bits per heavy atom. The third kappa shape index (κ3) is 4.22. The third-order valence-corrected chi connectivity index (χ3v) is 4.00. The average Bonchev–Trinajstić information content (AvgIpc) is 3.30. The van der Waals surface area contributed by atoms with Gasteiger partial charge in [0.2, 0.25) is 0 Å². The molecule has 2 unspecified atom stereocenters. The van der Waals surface area contributed by atoms with E-state index in [0.29, 0.717) is 12.1 Å². The van der Waals surface area contributed by atoms with Gasteiger partial charge in [0.05, 0.1) is 13.2 Å². The molecule has 0 heterocycles. The van der Waals surface area contributed by atoms with Crippen molar-refractivity contribution in [1.82, 2.24) is 5.32 Å². The fraction of sp³-hybridized carbons (Fsp3) is 0.647. The van der Waals surface area contributed by atoms with Crippen LogP contribution in [0.25, 0.3) is 0 Å². The first kappa shape index (κ1) is 15.3. The minimum atomic E-state index is 0.327. The quantitative estimate of drug-likeness (QED) is 0.752. The molecule has 0 amide bonds. The van der Waals surface area contributed by atoms with Crippen LogP contribution < -0.4 is 10.1 Å². The zero-order valence-electron chi connectivity index (χ0n) is 12.9. The molecule has 0 aromatic heterocycles. The predicted octanol–water partition coefficient (Wildman–Crippen LogP) is 3.03. The van der Waals surface area contributed by atoms with Gasteiger partial charge in [0, 0.05) is 13.2 Å². The Kier molecular flexibility index (Phi) is 5.86. The van der Waals surface area contributed by atoms with Crippen molar-refractivity contribution in [3.63, 3.8) is 0 Å². The lowest BCUT2D eigenvalue weighted by molar-refractivity contribution is 0.0511. The second-order valence-corrected chi connectivity index (χ2v) is 5.65. The standard InChI is InChI=1S/C17H27NO2/c1-4-10-18-16(17(20-3)14-8-9-14)12-13-6-5-7-15(11-13)19-2/h5-7,11,14,16-18H,4,8-10,12H2,1-3H3. The summed E-state index contributed by atoms with van der Waals surface area (Å²) >= 11 is 0. The van der Waals surface area contributed by atoms with Gasteiger partial charge in [-0.3, -0.25) is 0 Å². The van der Waals surface area contributed by atoms with Gasteiger partial charge >= 0.3 is 0 Å². The Hall–Kier alpha value is -1.06. The summed E-state index contributed by atoms with van der Waals surface area (Å²) in [6, 6.07) is 8.74. The van der Waals surface area contributed by atoms with Crippen LogP contribution in [0.1, 0.15) is 31.7 Å². The van der Waals surface area contributed by atoms with Crippen molar-refractivity contribution >= 4 is 0 Å². The molecular formula is C17H27NO2. The van der Waals surface area contributed by atoms with Crippen molar-refractivity contribution in [3.8, 4) is 5.75 Å². The van der Waals surface area contributed by atoms with E-state index in [4.69, 9.17) is 9.47 Å². The van der Waals surface area contributed by atoms with Crippen LogP contribution in [-0.4, -0.2) is 32.9 Å². The van der Waals surface area contributed by atoms with E-state index in [1.165, 1.54) is 18.4 Å². The van der Waals surface area contributed by atoms with Gasteiger partial charge in [-0.05, 0) is 55.8 Å². The highest BCUT2D eigenvalue weighted by molar-refractivity contribution is 5.29. The second-order valence-electron chi connectivity index (χ2n) is 5.65. The minimum absolute atomic E-state index is 0.327. The van der Waals surface area contributed by atoms with Crippen LogP contribution in [0.4, 0.5) is 0 Å². The van der Waals surface area contributed by atoms with Crippen LogP contribution in [0.2, 0.25) is 0 Å². The predicted molar refractivity (Wildman–Crippen MR) is 82.3 cm³/mol. The van der Waals surface area contributed by atoms with Crippen LogP contribution >= 0.6 is 0 Å². The van der Waals surface area contributed by atoms with Gasteiger partial charge in [0.15, 0.2) is 0 Å². The lowest BCUT2D eigenvalue weighted by Crippen LogP contribution is -2.44. The summed E-state index contributed by atoms with van der Waals surface area (Å²) in [5.41, 5.74) is 1.31. The molecule has 1 aromatic rings. The van der Waals surface area contributed by atoms with Crippen LogP contribution in [0, 0.1) is 5.92 Å². The van der Waals surface area contributed by atoms with E-state index in [9.17, 15) is 0 Å². The van der Waals surface area contributed by atoms with Crippen LogP contribution in [-0.2, 0) is 11.2 Å². The summed E-state index contributed by atoms with van der Waals surface area (Å²) in [4.78, 5) is 0. The fourth-order valence-corrected chi connectivity index (χ4v) is 2.80. The van der Waals surface area contributed by atoms with Crippen LogP contribution in [0.5, 0.6) is 5.75 Å².